The van der Waals surface area contributed by atoms with E-state index in [0.29, 0.717) is 27.4 Å². The van der Waals surface area contributed by atoms with E-state index in [9.17, 15) is 10.2 Å². The molecule has 4 nitrogen and oxygen atoms in total. The minimum Gasteiger partial charge on any atom is -0.506 e. The minimum absolute atomic E-state index is 0.0173. The molecule has 6 heteroatoms. The molecule has 0 unspecified atom stereocenters. The van der Waals surface area contributed by atoms with Gasteiger partial charge in [0.15, 0.2) is 11.5 Å². The summed E-state index contributed by atoms with van der Waals surface area (Å²) in [6.45, 7) is 4.31. The van der Waals surface area contributed by atoms with Crippen molar-refractivity contribution in [3.05, 3.63) is 44.3 Å². The fourth-order valence-electron chi connectivity index (χ4n) is 2.57. The molecule has 2 aromatic rings. The van der Waals surface area contributed by atoms with Crippen LogP contribution >= 0.6 is 31.9 Å². The summed E-state index contributed by atoms with van der Waals surface area (Å²) in [6.07, 6.45) is 3.68. The van der Waals surface area contributed by atoms with E-state index < -0.39 is 0 Å². The second-order valence-electron chi connectivity index (χ2n) is 5.83. The molecule has 2 aromatic carbocycles. The Morgan fingerprint density at radius 1 is 1.24 bits per heavy atom. The second kappa shape index (κ2) is 8.72. The number of phenols is 2. The third-order valence-electron chi connectivity index (χ3n) is 4.04. The summed E-state index contributed by atoms with van der Waals surface area (Å²) in [7, 11) is 1.49. The number of ether oxygens (including phenoxy) is 1. The Labute approximate surface area is 164 Å². The Hall–Kier alpha value is -1.53. The maximum Gasteiger partial charge on any atom is 0.167 e. The molecule has 1 atom stereocenters. The third kappa shape index (κ3) is 4.55. The van der Waals surface area contributed by atoms with Gasteiger partial charge in [-0.05, 0) is 68.0 Å². The van der Waals surface area contributed by atoms with Gasteiger partial charge in [0.2, 0.25) is 0 Å². The minimum atomic E-state index is -0.0173. The van der Waals surface area contributed by atoms with Crippen molar-refractivity contribution in [1.82, 2.24) is 0 Å². The molecular formula is C19H21Br2NO3. The molecule has 0 saturated heterocycles. The molecule has 0 spiro atoms. The number of hydrogen-bond acceptors (Lipinski definition) is 4. The number of hydrogen-bond donors (Lipinski definition) is 2. The van der Waals surface area contributed by atoms with Crippen LogP contribution in [0.5, 0.6) is 17.2 Å². The van der Waals surface area contributed by atoms with Crippen LogP contribution in [0.4, 0.5) is 5.69 Å². The molecule has 0 fully saturated rings. The molecule has 0 amide bonds. The summed E-state index contributed by atoms with van der Waals surface area (Å²) in [5.41, 5.74) is 2.06. The Morgan fingerprint density at radius 2 is 1.96 bits per heavy atom. The van der Waals surface area contributed by atoms with Gasteiger partial charge in [-0.15, -0.1) is 0 Å². The first-order valence-electron chi connectivity index (χ1n) is 8.00. The number of halogens is 2. The summed E-state index contributed by atoms with van der Waals surface area (Å²) in [6, 6.07) is 7.13. The Kier molecular flexibility index (Phi) is 6.90. The maximum atomic E-state index is 10.3. The van der Waals surface area contributed by atoms with Crippen LogP contribution in [0.3, 0.4) is 0 Å². The number of nitrogens with zero attached hydrogens (tertiary/aromatic N) is 1. The van der Waals surface area contributed by atoms with E-state index >= 15 is 0 Å². The first-order chi connectivity index (χ1) is 11.9. The van der Waals surface area contributed by atoms with Crippen LogP contribution in [0.1, 0.15) is 43.7 Å². The van der Waals surface area contributed by atoms with Crippen molar-refractivity contribution in [1.29, 1.82) is 0 Å². The quantitative estimate of drug-likeness (QED) is 0.488. The van der Waals surface area contributed by atoms with Crippen LogP contribution in [0, 0.1) is 0 Å². The first-order valence-corrected chi connectivity index (χ1v) is 9.59. The lowest BCUT2D eigenvalue weighted by Crippen LogP contribution is -1.93. The molecule has 2 rings (SSSR count). The van der Waals surface area contributed by atoms with Crippen molar-refractivity contribution >= 4 is 43.8 Å². The van der Waals surface area contributed by atoms with Crippen molar-refractivity contribution in [2.24, 2.45) is 4.99 Å². The summed E-state index contributed by atoms with van der Waals surface area (Å²) in [5, 5.41) is 20.4. The predicted molar refractivity (Wildman–Crippen MR) is 109 cm³/mol. The van der Waals surface area contributed by atoms with E-state index in [1.54, 1.807) is 12.1 Å². The molecule has 0 bridgehead atoms. The SMILES string of the molecule is CCC[C@@H](C)c1ccc(O)c(N=Cc2c(O)c(OC)cc(Br)c2Br)c1. The Morgan fingerprint density at radius 3 is 2.60 bits per heavy atom. The number of aromatic hydroxyl groups is 2. The van der Waals surface area contributed by atoms with Gasteiger partial charge in [-0.25, -0.2) is 0 Å². The lowest BCUT2D eigenvalue weighted by atomic mass is 9.96. The third-order valence-corrected chi connectivity index (χ3v) is 6.05. The fraction of sp³-hybridized carbons (Fsp3) is 0.316. The van der Waals surface area contributed by atoms with E-state index in [1.165, 1.54) is 13.3 Å². The zero-order valence-corrected chi connectivity index (χ0v) is 17.6. The summed E-state index contributed by atoms with van der Waals surface area (Å²) < 4.78 is 6.55. The van der Waals surface area contributed by atoms with Gasteiger partial charge < -0.3 is 14.9 Å². The smallest absolute Gasteiger partial charge is 0.167 e. The van der Waals surface area contributed by atoms with Gasteiger partial charge in [0.05, 0.1) is 12.7 Å². The van der Waals surface area contributed by atoms with Gasteiger partial charge in [-0.3, -0.25) is 4.99 Å². The molecule has 0 heterocycles. The van der Waals surface area contributed by atoms with Gasteiger partial charge in [0.1, 0.15) is 11.4 Å². The van der Waals surface area contributed by atoms with E-state index in [0.717, 1.165) is 22.9 Å². The average molecular weight is 471 g/mol. The fourth-order valence-corrected chi connectivity index (χ4v) is 3.40. The largest absolute Gasteiger partial charge is 0.506 e. The van der Waals surface area contributed by atoms with Crippen molar-refractivity contribution in [3.63, 3.8) is 0 Å². The summed E-state index contributed by atoms with van der Waals surface area (Å²) >= 11 is 6.84. The number of aliphatic imine (C=N–C) groups is 1. The maximum absolute atomic E-state index is 10.3. The lowest BCUT2D eigenvalue weighted by Gasteiger charge is -2.12. The molecule has 0 aliphatic rings. The molecule has 25 heavy (non-hydrogen) atoms. The van der Waals surface area contributed by atoms with Crippen LogP contribution in [-0.2, 0) is 0 Å². The van der Waals surface area contributed by atoms with Crippen molar-refractivity contribution < 1.29 is 14.9 Å². The molecule has 134 valence electrons. The number of phenolic OH excluding ortho intramolecular Hbond substituents is 2. The molecule has 0 saturated carbocycles. The first kappa shape index (κ1) is 19.8. The molecule has 0 aromatic heterocycles. The van der Waals surface area contributed by atoms with Gasteiger partial charge >= 0.3 is 0 Å². The highest BCUT2D eigenvalue weighted by molar-refractivity contribution is 9.13. The van der Waals surface area contributed by atoms with Gasteiger partial charge in [-0.1, -0.05) is 26.3 Å². The van der Waals surface area contributed by atoms with Crippen LogP contribution in [0.2, 0.25) is 0 Å². The lowest BCUT2D eigenvalue weighted by molar-refractivity contribution is 0.372. The van der Waals surface area contributed by atoms with Crippen molar-refractivity contribution in [2.45, 2.75) is 32.6 Å². The van der Waals surface area contributed by atoms with Crippen molar-refractivity contribution in [3.8, 4) is 17.2 Å². The molecule has 0 radical (unpaired) electrons. The normalized spacial score (nSPS) is 12.5. The monoisotopic (exact) mass is 469 g/mol. The number of methoxy groups -OCH3 is 1. The standard InChI is InChI=1S/C19H21Br2NO3/c1-4-5-11(2)12-6-7-16(23)15(8-12)22-10-13-18(21)14(20)9-17(25-3)19(13)24/h6-11,23-24H,4-5H2,1-3H3/t11-/m1/s1. The van der Waals surface area contributed by atoms with Crippen LogP contribution in [0.25, 0.3) is 0 Å². The zero-order valence-electron chi connectivity index (χ0n) is 14.4. The van der Waals surface area contributed by atoms with E-state index in [1.807, 2.05) is 12.1 Å². The molecule has 0 aliphatic carbocycles. The highest BCUT2D eigenvalue weighted by Crippen LogP contribution is 2.40. The highest BCUT2D eigenvalue weighted by atomic mass is 79.9. The van der Waals surface area contributed by atoms with Gasteiger partial charge in [0.25, 0.3) is 0 Å². The number of benzene rings is 2. The topological polar surface area (TPSA) is 62.1 Å². The second-order valence-corrected chi connectivity index (χ2v) is 7.48. The molecule has 0 aliphatic heterocycles. The van der Waals surface area contributed by atoms with Crippen molar-refractivity contribution in [2.75, 3.05) is 7.11 Å². The predicted octanol–water partition coefficient (Wildman–Crippen LogP) is 6.29. The van der Waals surface area contributed by atoms with Gasteiger partial charge in [-0.2, -0.15) is 0 Å². The van der Waals surface area contributed by atoms with Gasteiger partial charge in [0, 0.05) is 15.2 Å². The Balaban J connectivity index is 2.43. The van der Waals surface area contributed by atoms with E-state index in [-0.39, 0.29) is 11.5 Å². The highest BCUT2D eigenvalue weighted by Gasteiger charge is 2.15. The Bertz CT molecular complexity index is 791. The van der Waals surface area contributed by atoms with Crippen LogP contribution in [-0.4, -0.2) is 23.5 Å². The average Bonchev–Trinajstić information content (AvgIpc) is 2.59. The molecule has 2 N–H and O–H groups in total. The molecular weight excluding hydrogens is 450 g/mol. The number of rotatable bonds is 6. The van der Waals surface area contributed by atoms with Crippen LogP contribution < -0.4 is 4.74 Å². The summed E-state index contributed by atoms with van der Waals surface area (Å²) in [4.78, 5) is 4.38. The van der Waals surface area contributed by atoms with Crippen LogP contribution in [0.15, 0.2) is 38.2 Å². The van der Waals surface area contributed by atoms with E-state index in [2.05, 4.69) is 50.7 Å². The van der Waals surface area contributed by atoms with E-state index in [4.69, 9.17) is 4.74 Å². The summed E-state index contributed by atoms with van der Waals surface area (Å²) in [5.74, 6) is 0.814. The zero-order chi connectivity index (χ0) is 18.6.